The molecule has 1 aliphatic rings. The summed E-state index contributed by atoms with van der Waals surface area (Å²) in [6, 6.07) is -0.190. The summed E-state index contributed by atoms with van der Waals surface area (Å²) >= 11 is 0. The zero-order valence-corrected chi connectivity index (χ0v) is 7.69. The summed E-state index contributed by atoms with van der Waals surface area (Å²) in [6.45, 7) is 0.717. The van der Waals surface area contributed by atoms with Gasteiger partial charge in [-0.05, 0) is 6.42 Å². The molecule has 6 heteroatoms. The van der Waals surface area contributed by atoms with Crippen molar-refractivity contribution in [1.82, 2.24) is 10.7 Å². The third-order valence-electron chi connectivity index (χ3n) is 1.88. The average molecular weight is 196 g/mol. The Hall–Kier alpha value is -0.360. The van der Waals surface area contributed by atoms with Crippen molar-refractivity contribution < 1.29 is 9.53 Å². The van der Waals surface area contributed by atoms with Gasteiger partial charge in [0, 0.05) is 13.7 Å². The Labute approximate surface area is 77.4 Å². The molecule has 1 rings (SSSR count). The second-order valence-corrected chi connectivity index (χ2v) is 2.56. The van der Waals surface area contributed by atoms with Crippen LogP contribution in [0.1, 0.15) is 6.42 Å². The van der Waals surface area contributed by atoms with Gasteiger partial charge in [-0.1, -0.05) is 0 Å². The van der Waals surface area contributed by atoms with Crippen LogP contribution in [-0.2, 0) is 9.53 Å². The molecule has 4 N–H and O–H groups in total. The van der Waals surface area contributed by atoms with Crippen molar-refractivity contribution in [2.45, 2.75) is 18.6 Å². The molecule has 0 aromatic carbocycles. The highest BCUT2D eigenvalue weighted by Crippen LogP contribution is 2.08. The van der Waals surface area contributed by atoms with Crippen molar-refractivity contribution in [3.63, 3.8) is 0 Å². The first-order chi connectivity index (χ1) is 5.27. The van der Waals surface area contributed by atoms with E-state index in [2.05, 4.69) is 10.7 Å². The SMILES string of the molecule is CO[C@H]1CN[C@H](C(=O)NN)C1.Cl. The molecule has 0 spiro atoms. The van der Waals surface area contributed by atoms with Crippen LogP contribution >= 0.6 is 12.4 Å². The number of hydrogen-bond acceptors (Lipinski definition) is 4. The van der Waals surface area contributed by atoms with Crippen LogP contribution < -0.4 is 16.6 Å². The summed E-state index contributed by atoms with van der Waals surface area (Å²) in [5.74, 6) is 4.78. The van der Waals surface area contributed by atoms with Crippen LogP contribution in [0.3, 0.4) is 0 Å². The van der Waals surface area contributed by atoms with Crippen molar-refractivity contribution in [3.05, 3.63) is 0 Å². The van der Waals surface area contributed by atoms with Gasteiger partial charge in [0.25, 0.3) is 5.91 Å². The van der Waals surface area contributed by atoms with Gasteiger partial charge in [-0.25, -0.2) is 5.84 Å². The number of amides is 1. The van der Waals surface area contributed by atoms with E-state index in [4.69, 9.17) is 10.6 Å². The van der Waals surface area contributed by atoms with E-state index in [9.17, 15) is 4.79 Å². The molecule has 0 aromatic rings. The lowest BCUT2D eigenvalue weighted by atomic mass is 10.2. The Morgan fingerprint density at radius 3 is 2.83 bits per heavy atom. The van der Waals surface area contributed by atoms with Crippen molar-refractivity contribution in [2.75, 3.05) is 13.7 Å². The number of nitrogens with two attached hydrogens (primary N) is 1. The van der Waals surface area contributed by atoms with Crippen LogP contribution in [0.5, 0.6) is 0 Å². The normalized spacial score (nSPS) is 27.8. The second kappa shape index (κ2) is 5.31. The van der Waals surface area contributed by atoms with Gasteiger partial charge in [0.15, 0.2) is 0 Å². The molecular formula is C6H14ClN3O2. The van der Waals surface area contributed by atoms with Gasteiger partial charge in [-0.2, -0.15) is 0 Å². The molecule has 12 heavy (non-hydrogen) atoms. The predicted molar refractivity (Wildman–Crippen MR) is 46.8 cm³/mol. The van der Waals surface area contributed by atoms with Gasteiger partial charge in [-0.3, -0.25) is 10.2 Å². The van der Waals surface area contributed by atoms with Gasteiger partial charge in [0.1, 0.15) is 0 Å². The Morgan fingerprint density at radius 1 is 1.75 bits per heavy atom. The molecule has 1 amide bonds. The largest absolute Gasteiger partial charge is 0.380 e. The first-order valence-electron chi connectivity index (χ1n) is 3.54. The second-order valence-electron chi connectivity index (χ2n) is 2.56. The summed E-state index contributed by atoms with van der Waals surface area (Å²) < 4.78 is 5.05. The van der Waals surface area contributed by atoms with Crippen LogP contribution in [0.25, 0.3) is 0 Å². The van der Waals surface area contributed by atoms with E-state index in [-0.39, 0.29) is 30.5 Å². The lowest BCUT2D eigenvalue weighted by Crippen LogP contribution is -2.43. The maximum absolute atomic E-state index is 10.9. The molecule has 0 saturated carbocycles. The zero-order chi connectivity index (χ0) is 8.27. The van der Waals surface area contributed by atoms with E-state index in [0.29, 0.717) is 13.0 Å². The number of halogens is 1. The number of carbonyl (C=O) groups excluding carboxylic acids is 1. The first kappa shape index (κ1) is 11.6. The number of nitrogens with one attached hydrogen (secondary N) is 2. The van der Waals surface area contributed by atoms with Gasteiger partial charge in [0.2, 0.25) is 0 Å². The first-order valence-corrected chi connectivity index (χ1v) is 3.54. The van der Waals surface area contributed by atoms with Gasteiger partial charge >= 0.3 is 0 Å². The topological polar surface area (TPSA) is 76.4 Å². The molecule has 1 aliphatic heterocycles. The number of hydrogen-bond donors (Lipinski definition) is 3. The van der Waals surface area contributed by atoms with Crippen LogP contribution in [0.2, 0.25) is 0 Å². The van der Waals surface area contributed by atoms with Crippen LogP contribution in [-0.4, -0.2) is 31.7 Å². The summed E-state index contributed by atoms with van der Waals surface area (Å²) in [6.07, 6.45) is 0.830. The number of carbonyl (C=O) groups is 1. The van der Waals surface area contributed by atoms with E-state index in [1.807, 2.05) is 0 Å². The fourth-order valence-corrected chi connectivity index (χ4v) is 1.18. The maximum atomic E-state index is 10.9. The molecule has 0 radical (unpaired) electrons. The van der Waals surface area contributed by atoms with Crippen molar-refractivity contribution >= 4 is 18.3 Å². The van der Waals surface area contributed by atoms with E-state index < -0.39 is 0 Å². The fourth-order valence-electron chi connectivity index (χ4n) is 1.18. The standard InChI is InChI=1S/C6H13N3O2.ClH/c1-11-4-2-5(8-3-4)6(10)9-7;/h4-5,8H,2-3,7H2,1H3,(H,9,10);1H/t4-,5+;/m1./s1. The lowest BCUT2D eigenvalue weighted by molar-refractivity contribution is -0.123. The number of hydrazine groups is 1. The zero-order valence-electron chi connectivity index (χ0n) is 6.87. The highest BCUT2D eigenvalue weighted by Gasteiger charge is 2.28. The number of methoxy groups -OCH3 is 1. The molecule has 0 aliphatic carbocycles. The minimum absolute atomic E-state index is 0. The van der Waals surface area contributed by atoms with Crippen molar-refractivity contribution in [1.29, 1.82) is 0 Å². The Kier molecular flexibility index (Phi) is 5.16. The summed E-state index contributed by atoms with van der Waals surface area (Å²) in [5, 5.41) is 2.99. The smallest absolute Gasteiger partial charge is 0.251 e. The van der Waals surface area contributed by atoms with E-state index in [1.165, 1.54) is 0 Å². The Morgan fingerprint density at radius 2 is 2.42 bits per heavy atom. The van der Waals surface area contributed by atoms with Crippen LogP contribution in [0.4, 0.5) is 0 Å². The van der Waals surface area contributed by atoms with Gasteiger partial charge < -0.3 is 10.1 Å². The summed E-state index contributed by atoms with van der Waals surface area (Å²) in [7, 11) is 1.63. The summed E-state index contributed by atoms with van der Waals surface area (Å²) in [5.41, 5.74) is 2.09. The molecular weight excluding hydrogens is 182 g/mol. The molecule has 1 heterocycles. The Balaban J connectivity index is 0.00000121. The fraction of sp³-hybridized carbons (Fsp3) is 0.833. The maximum Gasteiger partial charge on any atom is 0.251 e. The number of ether oxygens (including phenoxy) is 1. The molecule has 0 aromatic heterocycles. The molecule has 1 saturated heterocycles. The van der Waals surface area contributed by atoms with E-state index in [0.717, 1.165) is 0 Å². The van der Waals surface area contributed by atoms with Gasteiger partial charge in [0.05, 0.1) is 12.1 Å². The molecule has 1 fully saturated rings. The summed E-state index contributed by atoms with van der Waals surface area (Å²) in [4.78, 5) is 10.9. The third kappa shape index (κ3) is 2.60. The molecule has 2 atom stereocenters. The molecule has 0 unspecified atom stereocenters. The number of rotatable bonds is 2. The monoisotopic (exact) mass is 195 g/mol. The lowest BCUT2D eigenvalue weighted by Gasteiger charge is -2.06. The highest BCUT2D eigenvalue weighted by molar-refractivity contribution is 5.85. The minimum atomic E-state index is -0.190. The average Bonchev–Trinajstić information content (AvgIpc) is 2.50. The van der Waals surface area contributed by atoms with E-state index >= 15 is 0 Å². The van der Waals surface area contributed by atoms with Crippen molar-refractivity contribution in [3.8, 4) is 0 Å². The molecule has 5 nitrogen and oxygen atoms in total. The molecule has 0 bridgehead atoms. The minimum Gasteiger partial charge on any atom is -0.380 e. The van der Waals surface area contributed by atoms with Crippen molar-refractivity contribution in [2.24, 2.45) is 5.84 Å². The van der Waals surface area contributed by atoms with Crippen LogP contribution in [0, 0.1) is 0 Å². The predicted octanol–water partition coefficient (Wildman–Crippen LogP) is -1.22. The van der Waals surface area contributed by atoms with Crippen LogP contribution in [0.15, 0.2) is 0 Å². The molecule has 72 valence electrons. The van der Waals surface area contributed by atoms with E-state index in [1.54, 1.807) is 7.11 Å². The Bertz CT molecular complexity index is 156. The van der Waals surface area contributed by atoms with Gasteiger partial charge in [-0.15, -0.1) is 12.4 Å². The third-order valence-corrected chi connectivity index (χ3v) is 1.88. The highest BCUT2D eigenvalue weighted by atomic mass is 35.5. The quantitative estimate of drug-likeness (QED) is 0.293.